The Hall–Kier alpha value is -1.06. The van der Waals surface area contributed by atoms with Gasteiger partial charge >= 0.3 is 0 Å². The van der Waals surface area contributed by atoms with Crippen molar-refractivity contribution in [2.24, 2.45) is 0 Å². The van der Waals surface area contributed by atoms with Crippen LogP contribution in [-0.4, -0.2) is 10.2 Å². The molecule has 0 aliphatic heterocycles. The lowest BCUT2D eigenvalue weighted by molar-refractivity contribution is 0.145. The molecule has 0 N–H and O–H groups in total. The summed E-state index contributed by atoms with van der Waals surface area (Å²) in [5.41, 5.74) is 0.0804. The van der Waals surface area contributed by atoms with Gasteiger partial charge in [-0.05, 0) is 19.1 Å². The predicted octanol–water partition coefficient (Wildman–Crippen LogP) is 1.60. The molecule has 1 aromatic heterocycles. The van der Waals surface area contributed by atoms with Gasteiger partial charge in [0, 0.05) is 0 Å². The van der Waals surface area contributed by atoms with Gasteiger partial charge in [0.2, 0.25) is 0 Å². The van der Waals surface area contributed by atoms with Crippen LogP contribution in [0, 0.1) is 6.92 Å². The molecule has 0 bridgehead atoms. The van der Waals surface area contributed by atoms with Gasteiger partial charge in [-0.2, -0.15) is 5.10 Å². The first-order chi connectivity index (χ1) is 4.70. The molecule has 0 aromatic carbocycles. The van der Waals surface area contributed by atoms with E-state index >= 15 is 0 Å². The minimum Gasteiger partial charge on any atom is -0.203 e. The molecular formula is C6H5F2N2. The molecule has 1 radical (unpaired) electrons. The summed E-state index contributed by atoms with van der Waals surface area (Å²) in [6.45, 7) is 3.40. The van der Waals surface area contributed by atoms with Gasteiger partial charge in [-0.3, -0.25) is 0 Å². The summed E-state index contributed by atoms with van der Waals surface area (Å²) >= 11 is 0. The van der Waals surface area contributed by atoms with Crippen LogP contribution in [0.3, 0.4) is 0 Å². The van der Waals surface area contributed by atoms with Crippen LogP contribution >= 0.6 is 0 Å². The Labute approximate surface area is 56.9 Å². The molecule has 0 atom stereocenters. The molecule has 0 aliphatic carbocycles. The highest BCUT2D eigenvalue weighted by molar-refractivity contribution is 5.09. The third-order valence-electron chi connectivity index (χ3n) is 0.964. The van der Waals surface area contributed by atoms with Crippen molar-refractivity contribution in [3.05, 3.63) is 30.4 Å². The topological polar surface area (TPSA) is 25.8 Å². The maximum absolute atomic E-state index is 11.8. The minimum atomic E-state index is -2.55. The highest BCUT2D eigenvalue weighted by Gasteiger charge is 2.07. The normalized spacial score (nSPS) is 10.4. The second kappa shape index (κ2) is 2.68. The average molecular weight is 143 g/mol. The second-order valence-electron chi connectivity index (χ2n) is 1.75. The number of alkyl halides is 2. The first-order valence-corrected chi connectivity index (χ1v) is 2.64. The smallest absolute Gasteiger partial charge is 0.203 e. The van der Waals surface area contributed by atoms with Crippen LogP contribution < -0.4 is 0 Å². The molecule has 4 heteroatoms. The van der Waals surface area contributed by atoms with Gasteiger partial charge in [0.15, 0.2) is 0 Å². The largest absolute Gasteiger partial charge is 0.282 e. The summed E-state index contributed by atoms with van der Waals surface area (Å²) in [6, 6.07) is 2.61. The van der Waals surface area contributed by atoms with E-state index in [1.807, 2.05) is 0 Å². The summed E-state index contributed by atoms with van der Waals surface area (Å²) in [5, 5.41) is 6.57. The third-order valence-corrected chi connectivity index (χ3v) is 0.964. The van der Waals surface area contributed by atoms with Crippen molar-refractivity contribution in [3.8, 4) is 0 Å². The SMILES string of the molecule is [CH2]c1ccc(C(F)F)nn1. The molecule has 10 heavy (non-hydrogen) atoms. The molecule has 0 saturated carbocycles. The van der Waals surface area contributed by atoms with Crippen LogP contribution in [0.5, 0.6) is 0 Å². The molecule has 0 aliphatic rings. The predicted molar refractivity (Wildman–Crippen MR) is 31.4 cm³/mol. The number of rotatable bonds is 1. The lowest BCUT2D eigenvalue weighted by atomic mass is 10.3. The summed E-state index contributed by atoms with van der Waals surface area (Å²) in [4.78, 5) is 0. The fourth-order valence-electron chi connectivity index (χ4n) is 0.487. The number of aromatic nitrogens is 2. The fraction of sp³-hybridized carbons (Fsp3) is 0.167. The molecule has 53 valence electrons. The zero-order valence-corrected chi connectivity index (χ0v) is 5.09. The first-order valence-electron chi connectivity index (χ1n) is 2.64. The Morgan fingerprint density at radius 2 is 2.00 bits per heavy atom. The van der Waals surface area contributed by atoms with E-state index in [2.05, 4.69) is 17.1 Å². The van der Waals surface area contributed by atoms with Crippen molar-refractivity contribution >= 4 is 0 Å². The van der Waals surface area contributed by atoms with Crippen molar-refractivity contribution in [2.75, 3.05) is 0 Å². The summed E-state index contributed by atoms with van der Waals surface area (Å²) < 4.78 is 23.6. The molecule has 0 spiro atoms. The number of hydrogen-bond acceptors (Lipinski definition) is 2. The first kappa shape index (κ1) is 7.05. The van der Waals surface area contributed by atoms with E-state index in [1.165, 1.54) is 12.1 Å². The zero-order chi connectivity index (χ0) is 7.56. The summed E-state index contributed by atoms with van der Waals surface area (Å²) in [6.07, 6.45) is -2.55. The summed E-state index contributed by atoms with van der Waals surface area (Å²) in [5.74, 6) is 0. The molecule has 1 aromatic rings. The molecule has 0 amide bonds. The van der Waals surface area contributed by atoms with Crippen LogP contribution in [0.1, 0.15) is 17.8 Å². The Kier molecular flexibility index (Phi) is 1.89. The Morgan fingerprint density at radius 1 is 1.30 bits per heavy atom. The van der Waals surface area contributed by atoms with Crippen molar-refractivity contribution in [1.29, 1.82) is 0 Å². The summed E-state index contributed by atoms with van der Waals surface area (Å²) in [7, 11) is 0. The van der Waals surface area contributed by atoms with E-state index in [0.29, 0.717) is 5.69 Å². The molecular weight excluding hydrogens is 138 g/mol. The van der Waals surface area contributed by atoms with E-state index in [-0.39, 0.29) is 5.69 Å². The van der Waals surface area contributed by atoms with Crippen molar-refractivity contribution < 1.29 is 8.78 Å². The molecule has 2 nitrogen and oxygen atoms in total. The van der Waals surface area contributed by atoms with Gasteiger partial charge in [0.05, 0.1) is 5.69 Å². The Bertz CT molecular complexity index is 207. The standard InChI is InChI=1S/C6H5F2N2/c1-4-2-3-5(6(7)8)10-9-4/h2-3,6H,1H2. The maximum Gasteiger partial charge on any atom is 0.282 e. The fourth-order valence-corrected chi connectivity index (χ4v) is 0.487. The lowest BCUT2D eigenvalue weighted by Gasteiger charge is -1.95. The van der Waals surface area contributed by atoms with Crippen LogP contribution in [0.25, 0.3) is 0 Å². The molecule has 0 unspecified atom stereocenters. The van der Waals surface area contributed by atoms with Crippen molar-refractivity contribution in [3.63, 3.8) is 0 Å². The van der Waals surface area contributed by atoms with Gasteiger partial charge in [0.25, 0.3) is 6.43 Å². The van der Waals surface area contributed by atoms with Crippen LogP contribution in [0.2, 0.25) is 0 Å². The van der Waals surface area contributed by atoms with Gasteiger partial charge in [-0.15, -0.1) is 5.10 Å². The van der Waals surface area contributed by atoms with E-state index in [1.54, 1.807) is 0 Å². The third kappa shape index (κ3) is 1.46. The molecule has 0 fully saturated rings. The average Bonchev–Trinajstić information content (AvgIpc) is 1.88. The number of halogens is 2. The van der Waals surface area contributed by atoms with E-state index in [4.69, 9.17) is 0 Å². The van der Waals surface area contributed by atoms with Crippen molar-refractivity contribution in [2.45, 2.75) is 6.43 Å². The van der Waals surface area contributed by atoms with Gasteiger partial charge < -0.3 is 0 Å². The van der Waals surface area contributed by atoms with Crippen molar-refractivity contribution in [1.82, 2.24) is 10.2 Å². The highest BCUT2D eigenvalue weighted by Crippen LogP contribution is 2.13. The van der Waals surface area contributed by atoms with E-state index in [9.17, 15) is 8.78 Å². The molecule has 1 heterocycles. The number of hydrogen-bond donors (Lipinski definition) is 0. The van der Waals surface area contributed by atoms with Crippen LogP contribution in [0.4, 0.5) is 8.78 Å². The van der Waals surface area contributed by atoms with Crippen LogP contribution in [0.15, 0.2) is 12.1 Å². The van der Waals surface area contributed by atoms with Gasteiger partial charge in [0.1, 0.15) is 5.69 Å². The van der Waals surface area contributed by atoms with Crippen LogP contribution in [-0.2, 0) is 0 Å². The van der Waals surface area contributed by atoms with E-state index < -0.39 is 6.43 Å². The highest BCUT2D eigenvalue weighted by atomic mass is 19.3. The van der Waals surface area contributed by atoms with E-state index in [0.717, 1.165) is 0 Å². The molecule has 1 rings (SSSR count). The number of nitrogens with zero attached hydrogens (tertiary/aromatic N) is 2. The second-order valence-corrected chi connectivity index (χ2v) is 1.75. The zero-order valence-electron chi connectivity index (χ0n) is 5.09. The van der Waals surface area contributed by atoms with Gasteiger partial charge in [-0.25, -0.2) is 8.78 Å². The quantitative estimate of drug-likeness (QED) is 0.596. The monoisotopic (exact) mass is 143 g/mol. The Morgan fingerprint density at radius 3 is 2.40 bits per heavy atom. The maximum atomic E-state index is 11.8. The minimum absolute atomic E-state index is 0.313. The lowest BCUT2D eigenvalue weighted by Crippen LogP contribution is -1.93. The molecule has 0 saturated heterocycles. The Balaban J connectivity index is 2.89. The van der Waals surface area contributed by atoms with Gasteiger partial charge in [-0.1, -0.05) is 0 Å².